The predicted molar refractivity (Wildman–Crippen MR) is 108 cm³/mol. The van der Waals surface area contributed by atoms with Crippen LogP contribution in [0.1, 0.15) is 72.9 Å². The van der Waals surface area contributed by atoms with Gasteiger partial charge in [-0.1, -0.05) is 44.0 Å². The van der Waals surface area contributed by atoms with Crippen molar-refractivity contribution in [2.24, 2.45) is 5.92 Å². The number of carbonyl (C=O) groups excluding carboxylic acids is 1. The zero-order chi connectivity index (χ0) is 19.1. The molecule has 3 nitrogen and oxygen atoms in total. The second kappa shape index (κ2) is 9.70. The van der Waals surface area contributed by atoms with Crippen LogP contribution in [0, 0.1) is 5.92 Å². The monoisotopic (exact) mass is 366 g/mol. The summed E-state index contributed by atoms with van der Waals surface area (Å²) in [6, 6.07) is 15.4. The van der Waals surface area contributed by atoms with Crippen LogP contribution in [-0.4, -0.2) is 13.1 Å². The van der Waals surface area contributed by atoms with E-state index >= 15 is 0 Å². The molecule has 0 atom stereocenters. The minimum Gasteiger partial charge on any atom is -0.423 e. The summed E-state index contributed by atoms with van der Waals surface area (Å²) in [6.07, 6.45) is 7.86. The maximum atomic E-state index is 12.4. The van der Waals surface area contributed by atoms with Crippen molar-refractivity contribution >= 4 is 5.97 Å². The Bertz CT molecular complexity index is 710. The maximum Gasteiger partial charge on any atom is 0.343 e. The third-order valence-corrected chi connectivity index (χ3v) is 5.61. The number of carbonyl (C=O) groups is 1. The van der Waals surface area contributed by atoms with E-state index in [2.05, 4.69) is 19.1 Å². The van der Waals surface area contributed by atoms with Crippen molar-refractivity contribution in [1.29, 1.82) is 0 Å². The Morgan fingerprint density at radius 1 is 0.963 bits per heavy atom. The van der Waals surface area contributed by atoms with Gasteiger partial charge in [-0.3, -0.25) is 0 Å². The normalized spacial score (nSPS) is 19.6. The lowest BCUT2D eigenvalue weighted by molar-refractivity contribution is 0.0734. The van der Waals surface area contributed by atoms with E-state index in [4.69, 9.17) is 9.47 Å². The molecule has 3 heteroatoms. The molecule has 0 aliphatic heterocycles. The number of methoxy groups -OCH3 is 1. The van der Waals surface area contributed by atoms with Gasteiger partial charge in [-0.25, -0.2) is 4.79 Å². The van der Waals surface area contributed by atoms with Crippen molar-refractivity contribution in [3.05, 3.63) is 65.2 Å². The number of benzene rings is 2. The maximum absolute atomic E-state index is 12.4. The summed E-state index contributed by atoms with van der Waals surface area (Å²) in [6.45, 7) is 2.83. The van der Waals surface area contributed by atoms with E-state index in [0.717, 1.165) is 11.5 Å². The van der Waals surface area contributed by atoms with Crippen molar-refractivity contribution in [2.75, 3.05) is 7.11 Å². The molecule has 0 spiro atoms. The van der Waals surface area contributed by atoms with E-state index in [9.17, 15) is 4.79 Å². The van der Waals surface area contributed by atoms with Crippen molar-refractivity contribution in [3.63, 3.8) is 0 Å². The number of esters is 1. The SMILES string of the molecule is CCCC1CCC(c2ccc(C(=O)Oc3ccc(COC)cc3)cc2)CC1. The highest BCUT2D eigenvalue weighted by Crippen LogP contribution is 2.37. The fraction of sp³-hybridized carbons (Fsp3) is 0.458. The van der Waals surface area contributed by atoms with E-state index in [0.29, 0.717) is 23.8 Å². The zero-order valence-corrected chi connectivity index (χ0v) is 16.4. The second-order valence-electron chi connectivity index (χ2n) is 7.59. The van der Waals surface area contributed by atoms with Crippen LogP contribution < -0.4 is 4.74 Å². The Morgan fingerprint density at radius 3 is 2.22 bits per heavy atom. The molecule has 1 aliphatic carbocycles. The molecule has 2 aromatic rings. The Balaban J connectivity index is 1.56. The lowest BCUT2D eigenvalue weighted by atomic mass is 9.77. The average Bonchev–Trinajstić information content (AvgIpc) is 2.71. The molecule has 0 N–H and O–H groups in total. The van der Waals surface area contributed by atoms with Crippen LogP contribution in [0.5, 0.6) is 5.75 Å². The largest absolute Gasteiger partial charge is 0.423 e. The van der Waals surface area contributed by atoms with E-state index in [1.165, 1.54) is 44.1 Å². The molecule has 1 fully saturated rings. The molecule has 0 bridgehead atoms. The molecule has 0 heterocycles. The number of hydrogen-bond donors (Lipinski definition) is 0. The Morgan fingerprint density at radius 2 is 1.63 bits per heavy atom. The highest BCUT2D eigenvalue weighted by Gasteiger charge is 2.22. The van der Waals surface area contributed by atoms with Gasteiger partial charge in [0, 0.05) is 7.11 Å². The topological polar surface area (TPSA) is 35.5 Å². The van der Waals surface area contributed by atoms with Gasteiger partial charge in [-0.05, 0) is 72.9 Å². The zero-order valence-electron chi connectivity index (χ0n) is 16.4. The van der Waals surface area contributed by atoms with Gasteiger partial charge in [0.25, 0.3) is 0 Å². The van der Waals surface area contributed by atoms with E-state index in [1.54, 1.807) is 19.2 Å². The van der Waals surface area contributed by atoms with E-state index < -0.39 is 0 Å². The summed E-state index contributed by atoms with van der Waals surface area (Å²) < 4.78 is 10.6. The van der Waals surface area contributed by atoms with E-state index in [1.807, 2.05) is 24.3 Å². The van der Waals surface area contributed by atoms with Crippen molar-refractivity contribution in [2.45, 2.75) is 58.0 Å². The Kier molecular flexibility index (Phi) is 7.05. The molecule has 0 amide bonds. The lowest BCUT2D eigenvalue weighted by Crippen LogP contribution is -2.13. The fourth-order valence-corrected chi connectivity index (χ4v) is 4.07. The van der Waals surface area contributed by atoms with Crippen LogP contribution in [0.15, 0.2) is 48.5 Å². The summed E-state index contributed by atoms with van der Waals surface area (Å²) in [5.41, 5.74) is 3.00. The van der Waals surface area contributed by atoms with Crippen molar-refractivity contribution in [1.82, 2.24) is 0 Å². The standard InChI is InChI=1S/C24H30O3/c1-3-4-18-5-9-20(10-6-18)21-11-13-22(14-12-21)24(25)27-23-15-7-19(8-16-23)17-26-2/h7-8,11-16,18,20H,3-6,9-10,17H2,1-2H3. The predicted octanol–water partition coefficient (Wildman–Crippen LogP) is 6.13. The molecule has 0 saturated heterocycles. The van der Waals surface area contributed by atoms with Gasteiger partial charge in [0.2, 0.25) is 0 Å². The lowest BCUT2D eigenvalue weighted by Gasteiger charge is -2.28. The first-order valence-electron chi connectivity index (χ1n) is 10.1. The van der Waals surface area contributed by atoms with Gasteiger partial charge in [0.1, 0.15) is 5.75 Å². The number of hydrogen-bond acceptors (Lipinski definition) is 3. The third kappa shape index (κ3) is 5.43. The minimum atomic E-state index is -0.312. The number of ether oxygens (including phenoxy) is 2. The Hall–Kier alpha value is -2.13. The average molecular weight is 367 g/mol. The molecule has 144 valence electrons. The van der Waals surface area contributed by atoms with Crippen LogP contribution in [0.2, 0.25) is 0 Å². The van der Waals surface area contributed by atoms with Crippen LogP contribution in [0.25, 0.3) is 0 Å². The molecular weight excluding hydrogens is 336 g/mol. The van der Waals surface area contributed by atoms with Gasteiger partial charge in [0.15, 0.2) is 0 Å². The third-order valence-electron chi connectivity index (χ3n) is 5.61. The van der Waals surface area contributed by atoms with Crippen LogP contribution in [-0.2, 0) is 11.3 Å². The molecule has 0 aromatic heterocycles. The quantitative estimate of drug-likeness (QED) is 0.437. The molecule has 1 saturated carbocycles. The van der Waals surface area contributed by atoms with Gasteiger partial charge < -0.3 is 9.47 Å². The van der Waals surface area contributed by atoms with Crippen LogP contribution >= 0.6 is 0 Å². The van der Waals surface area contributed by atoms with E-state index in [-0.39, 0.29) is 5.97 Å². The summed E-state index contributed by atoms with van der Waals surface area (Å²) in [4.78, 5) is 12.4. The molecule has 0 unspecified atom stereocenters. The van der Waals surface area contributed by atoms with Crippen molar-refractivity contribution < 1.29 is 14.3 Å². The molecule has 3 rings (SSSR count). The first kappa shape index (κ1) is 19.6. The highest BCUT2D eigenvalue weighted by atomic mass is 16.5. The van der Waals surface area contributed by atoms with Gasteiger partial charge in [-0.15, -0.1) is 0 Å². The number of rotatable bonds is 7. The second-order valence-corrected chi connectivity index (χ2v) is 7.59. The summed E-state index contributed by atoms with van der Waals surface area (Å²) in [5.74, 6) is 1.79. The summed E-state index contributed by atoms with van der Waals surface area (Å²) in [7, 11) is 1.66. The first-order chi connectivity index (χ1) is 13.2. The Labute approximate surface area is 162 Å². The van der Waals surface area contributed by atoms with Crippen molar-refractivity contribution in [3.8, 4) is 5.75 Å². The molecule has 1 aliphatic rings. The summed E-state index contributed by atoms with van der Waals surface area (Å²) >= 11 is 0. The molecular formula is C24H30O3. The van der Waals surface area contributed by atoms with Gasteiger partial charge in [0.05, 0.1) is 12.2 Å². The summed E-state index contributed by atoms with van der Waals surface area (Å²) in [5, 5.41) is 0. The smallest absolute Gasteiger partial charge is 0.343 e. The van der Waals surface area contributed by atoms with Gasteiger partial charge >= 0.3 is 5.97 Å². The van der Waals surface area contributed by atoms with Gasteiger partial charge in [-0.2, -0.15) is 0 Å². The fourth-order valence-electron chi connectivity index (χ4n) is 4.07. The van der Waals surface area contributed by atoms with Crippen LogP contribution in [0.3, 0.4) is 0 Å². The molecule has 0 radical (unpaired) electrons. The minimum absolute atomic E-state index is 0.312. The molecule has 27 heavy (non-hydrogen) atoms. The van der Waals surface area contributed by atoms with Crippen LogP contribution in [0.4, 0.5) is 0 Å². The highest BCUT2D eigenvalue weighted by molar-refractivity contribution is 5.91. The first-order valence-corrected chi connectivity index (χ1v) is 10.1. The molecule has 2 aromatic carbocycles.